The van der Waals surface area contributed by atoms with Gasteiger partial charge in [-0.25, -0.2) is 0 Å². The molecule has 0 bridgehead atoms. The van der Waals surface area contributed by atoms with Crippen molar-refractivity contribution in [1.29, 1.82) is 0 Å². The van der Waals surface area contributed by atoms with Gasteiger partial charge >= 0.3 is 0 Å². The molecule has 3 unspecified atom stereocenters. The molecule has 0 saturated heterocycles. The molecule has 0 spiro atoms. The first-order valence-electron chi connectivity index (χ1n) is 10.6. The number of hydrogen-bond donors (Lipinski definition) is 1. The normalized spacial score (nSPS) is 36.4. The first kappa shape index (κ1) is 8.87. The number of rotatable bonds is 2. The van der Waals surface area contributed by atoms with Crippen molar-refractivity contribution >= 4 is 0 Å². The molecule has 0 radical (unpaired) electrons. The lowest BCUT2D eigenvalue weighted by Gasteiger charge is -2.46. The lowest BCUT2D eigenvalue weighted by Crippen LogP contribution is -2.45. The van der Waals surface area contributed by atoms with Crippen LogP contribution in [0.1, 0.15) is 72.1 Å². The zero-order valence-corrected chi connectivity index (χ0v) is 12.6. The highest BCUT2D eigenvalue weighted by Crippen LogP contribution is 2.53. The largest absolute Gasteiger partial charge is 0.507 e. The summed E-state index contributed by atoms with van der Waals surface area (Å²) in [6.07, 6.45) is 3.95. The summed E-state index contributed by atoms with van der Waals surface area (Å²) >= 11 is 0. The molecule has 2 aliphatic rings. The molecule has 0 aromatic heterocycles. The van der Waals surface area contributed by atoms with Crippen LogP contribution in [0.5, 0.6) is 11.5 Å². The Morgan fingerprint density at radius 1 is 1.48 bits per heavy atom. The summed E-state index contributed by atoms with van der Waals surface area (Å²) in [7, 11) is 0. The minimum Gasteiger partial charge on any atom is -0.507 e. The molecule has 0 amide bonds. The fourth-order valence-corrected chi connectivity index (χ4v) is 3.63. The molecule has 21 heavy (non-hydrogen) atoms. The Labute approximate surface area is 136 Å². The highest BCUT2D eigenvalue weighted by molar-refractivity contribution is 5.53. The molecule has 3 rings (SSSR count). The third-order valence-corrected chi connectivity index (χ3v) is 4.62. The second-order valence-corrected chi connectivity index (χ2v) is 6.35. The van der Waals surface area contributed by atoms with Gasteiger partial charge in [0.2, 0.25) is 0 Å². The van der Waals surface area contributed by atoms with Crippen LogP contribution in [0.2, 0.25) is 0 Å². The van der Waals surface area contributed by atoms with E-state index in [4.69, 9.17) is 13.0 Å². The van der Waals surface area contributed by atoms with Crippen molar-refractivity contribution in [1.82, 2.24) is 0 Å². The molecule has 1 N–H and O–H groups in total. The van der Waals surface area contributed by atoms with Gasteiger partial charge in [-0.1, -0.05) is 25.0 Å². The fourth-order valence-electron chi connectivity index (χ4n) is 3.63. The Morgan fingerprint density at radius 2 is 2.33 bits per heavy atom. The van der Waals surface area contributed by atoms with Crippen LogP contribution in [-0.2, 0) is 6.42 Å². The summed E-state index contributed by atoms with van der Waals surface area (Å²) in [4.78, 5) is 0. The van der Waals surface area contributed by atoms with Gasteiger partial charge in [0.15, 0.2) is 0 Å². The van der Waals surface area contributed by atoms with Gasteiger partial charge in [-0.05, 0) is 57.6 Å². The third-order valence-electron chi connectivity index (χ3n) is 4.62. The van der Waals surface area contributed by atoms with Crippen LogP contribution in [0.4, 0.5) is 0 Å². The van der Waals surface area contributed by atoms with E-state index in [2.05, 4.69) is 0 Å². The van der Waals surface area contributed by atoms with Crippen LogP contribution in [0.3, 0.4) is 0 Å². The summed E-state index contributed by atoms with van der Waals surface area (Å²) in [6.45, 7) is -1.00. The van der Waals surface area contributed by atoms with Gasteiger partial charge in [-0.15, -0.1) is 0 Å². The number of phenols is 1. The van der Waals surface area contributed by atoms with Crippen molar-refractivity contribution in [3.63, 3.8) is 0 Å². The fraction of sp³-hybridized carbons (Fsp3) is 0.579. The SMILES string of the molecule is [2H]C([2H])([2H])C1=CC2c3c(O)cc(CCC)cc3OC(C)(C([2H])([2H])[2H])C2CC1. The van der Waals surface area contributed by atoms with Gasteiger partial charge in [-0.3, -0.25) is 0 Å². The van der Waals surface area contributed by atoms with Crippen molar-refractivity contribution in [3.8, 4) is 11.5 Å². The maximum atomic E-state index is 10.7. The molecule has 1 aromatic rings. The van der Waals surface area contributed by atoms with Crippen LogP contribution in [0.25, 0.3) is 0 Å². The molecule has 1 aliphatic heterocycles. The Bertz CT molecular complexity index is 765. The Balaban J connectivity index is 2.21. The number of benzene rings is 1. The van der Waals surface area contributed by atoms with Crippen LogP contribution in [-0.4, -0.2) is 10.7 Å². The minimum atomic E-state index is -2.38. The Hall–Kier alpha value is -1.44. The van der Waals surface area contributed by atoms with Crippen LogP contribution < -0.4 is 4.74 Å². The standard InChI is InChI=1S/C19H26O2/c1-5-6-13-10-16(20)18-14-9-12(2)7-8-15(14)19(3,4)21-17(18)11-13/h9-11,14-15,20H,5-8H2,1-4H3/i2D3,3D3. The van der Waals surface area contributed by atoms with E-state index in [1.807, 2.05) is 6.92 Å². The molecule has 3 atom stereocenters. The van der Waals surface area contributed by atoms with Crippen molar-refractivity contribution in [2.24, 2.45) is 5.92 Å². The molecule has 1 aliphatic carbocycles. The molecule has 114 valence electrons. The van der Waals surface area contributed by atoms with E-state index in [0.717, 1.165) is 18.4 Å². The van der Waals surface area contributed by atoms with Crippen molar-refractivity contribution < 1.29 is 18.1 Å². The van der Waals surface area contributed by atoms with Gasteiger partial charge in [0.25, 0.3) is 0 Å². The Morgan fingerprint density at radius 3 is 3.05 bits per heavy atom. The zero-order valence-electron chi connectivity index (χ0n) is 18.6. The molecule has 1 heterocycles. The van der Waals surface area contributed by atoms with E-state index in [-0.39, 0.29) is 5.75 Å². The van der Waals surface area contributed by atoms with Crippen molar-refractivity contribution in [3.05, 3.63) is 34.9 Å². The average molecular weight is 292 g/mol. The summed E-state index contributed by atoms with van der Waals surface area (Å²) in [5.74, 6) is -0.548. The number of allylic oxidation sites excluding steroid dienone is 2. The predicted octanol–water partition coefficient (Wildman–Crippen LogP) is 4.96. The molecular formula is C19H26O2. The number of aromatic hydroxyl groups is 1. The lowest BCUT2D eigenvalue weighted by molar-refractivity contribution is 0.0107. The molecule has 1 aromatic carbocycles. The molecule has 0 fully saturated rings. The van der Waals surface area contributed by atoms with E-state index in [9.17, 15) is 5.11 Å². The molecule has 2 heteroatoms. The predicted molar refractivity (Wildman–Crippen MR) is 86.0 cm³/mol. The summed E-state index contributed by atoms with van der Waals surface area (Å²) in [6, 6.07) is 3.47. The molecular weight excluding hydrogens is 260 g/mol. The first-order chi connectivity index (χ1) is 12.4. The summed E-state index contributed by atoms with van der Waals surface area (Å²) in [5.41, 5.74) is 0.249. The zero-order chi connectivity index (χ0) is 20.2. The highest BCUT2D eigenvalue weighted by atomic mass is 16.5. The lowest BCUT2D eigenvalue weighted by atomic mass is 9.68. The van der Waals surface area contributed by atoms with Crippen molar-refractivity contribution in [2.45, 2.75) is 64.8 Å². The summed E-state index contributed by atoms with van der Waals surface area (Å²) in [5, 5.41) is 10.7. The number of ether oxygens (including phenoxy) is 1. The van der Waals surface area contributed by atoms with Crippen LogP contribution in [0.15, 0.2) is 23.8 Å². The molecule has 2 nitrogen and oxygen atoms in total. The number of fused-ring (bicyclic) bond motifs is 3. The number of aryl methyl sites for hydroxylation is 1. The second-order valence-electron chi connectivity index (χ2n) is 6.35. The van der Waals surface area contributed by atoms with Gasteiger partial charge < -0.3 is 9.84 Å². The number of hydrogen-bond acceptors (Lipinski definition) is 2. The average Bonchev–Trinajstić information content (AvgIpc) is 2.52. The van der Waals surface area contributed by atoms with E-state index < -0.39 is 31.1 Å². The third kappa shape index (κ3) is 2.45. The summed E-state index contributed by atoms with van der Waals surface area (Å²) < 4.78 is 53.5. The monoisotopic (exact) mass is 292 g/mol. The van der Waals surface area contributed by atoms with Crippen LogP contribution >= 0.6 is 0 Å². The van der Waals surface area contributed by atoms with Gasteiger partial charge in [0.05, 0.1) is 0 Å². The smallest absolute Gasteiger partial charge is 0.127 e. The minimum absolute atomic E-state index is 0.0431. The van der Waals surface area contributed by atoms with Gasteiger partial charge in [-0.2, -0.15) is 0 Å². The number of phenolic OH excluding ortho intramolecular Hbond substituents is 1. The second kappa shape index (κ2) is 5.08. The topological polar surface area (TPSA) is 29.5 Å². The van der Waals surface area contributed by atoms with Crippen molar-refractivity contribution in [2.75, 3.05) is 0 Å². The van der Waals surface area contributed by atoms with E-state index in [0.29, 0.717) is 29.7 Å². The van der Waals surface area contributed by atoms with Gasteiger partial charge in [0.1, 0.15) is 17.1 Å². The first-order valence-corrected chi connectivity index (χ1v) is 7.64. The maximum Gasteiger partial charge on any atom is 0.127 e. The maximum absolute atomic E-state index is 10.7. The van der Waals surface area contributed by atoms with E-state index >= 15 is 0 Å². The van der Waals surface area contributed by atoms with E-state index in [1.165, 1.54) is 0 Å². The van der Waals surface area contributed by atoms with Gasteiger partial charge in [0, 0.05) is 25.6 Å². The van der Waals surface area contributed by atoms with Crippen LogP contribution in [0, 0.1) is 5.92 Å². The Kier molecular flexibility index (Phi) is 2.15. The van der Waals surface area contributed by atoms with E-state index in [1.54, 1.807) is 25.1 Å². The quantitative estimate of drug-likeness (QED) is 0.781. The molecule has 0 saturated carbocycles. The highest BCUT2D eigenvalue weighted by Gasteiger charge is 2.45.